The molecule has 0 radical (unpaired) electrons. The molecule has 2 heterocycles. The smallest absolute Gasteiger partial charge is 0.251 e. The van der Waals surface area contributed by atoms with Crippen molar-refractivity contribution in [3.8, 4) is 0 Å². The summed E-state index contributed by atoms with van der Waals surface area (Å²) in [6.45, 7) is 7.19. The average molecular weight is 392 g/mol. The number of carbonyl (C=O) groups is 2. The molecule has 148 valence electrons. The van der Waals surface area contributed by atoms with E-state index in [4.69, 9.17) is 11.6 Å². The third-order valence-corrected chi connectivity index (χ3v) is 5.70. The summed E-state index contributed by atoms with van der Waals surface area (Å²) in [5.74, 6) is 0.497. The molecule has 0 unspecified atom stereocenters. The minimum Gasteiger partial charge on any atom is -0.352 e. The Kier molecular flexibility index (Phi) is 6.11. The highest BCUT2D eigenvalue weighted by atomic mass is 35.5. The molecule has 2 aliphatic heterocycles. The molecule has 2 saturated heterocycles. The summed E-state index contributed by atoms with van der Waals surface area (Å²) in [6, 6.07) is 7.92. The van der Waals surface area contributed by atoms with Crippen LogP contribution in [-0.2, 0) is 4.79 Å². The Hall–Kier alpha value is -1.59. The van der Waals surface area contributed by atoms with Gasteiger partial charge >= 0.3 is 0 Å². The van der Waals surface area contributed by atoms with Crippen molar-refractivity contribution in [3.05, 3.63) is 34.9 Å². The van der Waals surface area contributed by atoms with Crippen LogP contribution >= 0.6 is 11.6 Å². The van der Waals surface area contributed by atoms with Gasteiger partial charge in [-0.05, 0) is 70.6 Å². The third-order valence-electron chi connectivity index (χ3n) is 5.46. The quantitative estimate of drug-likeness (QED) is 0.810. The molecule has 1 aromatic rings. The molecule has 5 nitrogen and oxygen atoms in total. The minimum absolute atomic E-state index is 0.0724. The van der Waals surface area contributed by atoms with Gasteiger partial charge < -0.3 is 10.6 Å². The van der Waals surface area contributed by atoms with Crippen LogP contribution in [0.4, 0.5) is 0 Å². The summed E-state index contributed by atoms with van der Waals surface area (Å²) in [6.07, 6.45) is 4.36. The van der Waals surface area contributed by atoms with Crippen molar-refractivity contribution in [2.24, 2.45) is 5.92 Å². The zero-order valence-corrected chi connectivity index (χ0v) is 17.2. The molecule has 2 fully saturated rings. The van der Waals surface area contributed by atoms with Crippen LogP contribution in [-0.4, -0.2) is 47.4 Å². The monoisotopic (exact) mass is 391 g/mol. The number of nitrogens with one attached hydrogen (secondary N) is 2. The largest absolute Gasteiger partial charge is 0.352 e. The summed E-state index contributed by atoms with van der Waals surface area (Å²) < 4.78 is 0. The molecule has 2 aliphatic rings. The number of carbonyl (C=O) groups excluding carboxylic acids is 2. The van der Waals surface area contributed by atoms with Gasteiger partial charge in [0.1, 0.15) is 0 Å². The molecule has 2 bridgehead atoms. The van der Waals surface area contributed by atoms with Gasteiger partial charge in [0.05, 0.1) is 6.54 Å². The van der Waals surface area contributed by atoms with E-state index in [2.05, 4.69) is 15.5 Å². The molecular weight excluding hydrogens is 362 g/mol. The lowest BCUT2D eigenvalue weighted by Crippen LogP contribution is -2.52. The summed E-state index contributed by atoms with van der Waals surface area (Å²) in [4.78, 5) is 27.0. The highest BCUT2D eigenvalue weighted by molar-refractivity contribution is 6.30. The van der Waals surface area contributed by atoms with Crippen LogP contribution in [0.5, 0.6) is 0 Å². The van der Waals surface area contributed by atoms with Gasteiger partial charge in [-0.3, -0.25) is 14.5 Å². The predicted octanol–water partition coefficient (Wildman–Crippen LogP) is 3.23. The molecule has 0 saturated carbocycles. The topological polar surface area (TPSA) is 61.4 Å². The summed E-state index contributed by atoms with van der Waals surface area (Å²) in [5.41, 5.74) is 0.403. The second-order valence-corrected chi connectivity index (χ2v) is 9.35. The summed E-state index contributed by atoms with van der Waals surface area (Å²) in [5, 5.41) is 6.69. The van der Waals surface area contributed by atoms with Gasteiger partial charge in [0, 0.05) is 34.8 Å². The van der Waals surface area contributed by atoms with Crippen molar-refractivity contribution in [3.63, 3.8) is 0 Å². The molecular formula is C21H30ClN3O2. The van der Waals surface area contributed by atoms with E-state index in [1.165, 1.54) is 0 Å². The molecule has 6 heteroatoms. The lowest BCUT2D eigenvalue weighted by molar-refractivity contribution is -0.125. The number of hydrogen-bond donors (Lipinski definition) is 2. The maximum Gasteiger partial charge on any atom is 0.251 e. The van der Waals surface area contributed by atoms with Crippen LogP contribution in [0.1, 0.15) is 56.8 Å². The van der Waals surface area contributed by atoms with Gasteiger partial charge in [-0.1, -0.05) is 17.7 Å². The fourth-order valence-electron chi connectivity index (χ4n) is 4.40. The maximum atomic E-state index is 12.3. The first-order valence-corrected chi connectivity index (χ1v) is 10.2. The van der Waals surface area contributed by atoms with E-state index < -0.39 is 0 Å². The Labute approximate surface area is 166 Å². The van der Waals surface area contributed by atoms with Crippen molar-refractivity contribution in [1.82, 2.24) is 15.5 Å². The Morgan fingerprint density at radius 2 is 1.85 bits per heavy atom. The zero-order chi connectivity index (χ0) is 19.6. The SMILES string of the molecule is CC(C)(C)NC(=O)CN1[C@@H]2CC[C@H]1C[C@@H](CNC(=O)c1cccc(Cl)c1)C2. The number of piperidine rings is 1. The fraction of sp³-hybridized carbons (Fsp3) is 0.619. The number of fused-ring (bicyclic) bond motifs is 2. The molecule has 27 heavy (non-hydrogen) atoms. The van der Waals surface area contributed by atoms with Crippen LogP contribution in [0.2, 0.25) is 5.02 Å². The average Bonchev–Trinajstić information content (AvgIpc) is 2.80. The lowest BCUT2D eigenvalue weighted by Gasteiger charge is -2.39. The molecule has 0 spiro atoms. The van der Waals surface area contributed by atoms with Crippen molar-refractivity contribution >= 4 is 23.4 Å². The third kappa shape index (κ3) is 5.45. The van der Waals surface area contributed by atoms with Gasteiger partial charge in [-0.15, -0.1) is 0 Å². The first-order valence-electron chi connectivity index (χ1n) is 9.82. The Morgan fingerprint density at radius 1 is 1.19 bits per heavy atom. The van der Waals surface area contributed by atoms with E-state index in [0.717, 1.165) is 25.7 Å². The van der Waals surface area contributed by atoms with Crippen LogP contribution in [0.3, 0.4) is 0 Å². The first-order chi connectivity index (χ1) is 12.7. The molecule has 2 N–H and O–H groups in total. The van der Waals surface area contributed by atoms with Crippen molar-refractivity contribution < 1.29 is 9.59 Å². The van der Waals surface area contributed by atoms with Crippen LogP contribution in [0, 0.1) is 5.92 Å². The second kappa shape index (κ2) is 8.19. The highest BCUT2D eigenvalue weighted by Gasteiger charge is 2.41. The van der Waals surface area contributed by atoms with Crippen LogP contribution in [0.15, 0.2) is 24.3 Å². The van der Waals surface area contributed by atoms with Crippen LogP contribution < -0.4 is 10.6 Å². The van der Waals surface area contributed by atoms with Gasteiger partial charge in [0.2, 0.25) is 5.91 Å². The number of rotatable bonds is 5. The standard InChI is InChI=1S/C21H30ClN3O2/c1-21(2,3)24-19(26)13-25-17-7-8-18(25)10-14(9-17)12-23-20(27)15-5-4-6-16(22)11-15/h4-6,11,14,17-18H,7-10,12-13H2,1-3H3,(H,23,27)(H,24,26)/t14-,17+,18-. The predicted molar refractivity (Wildman–Crippen MR) is 108 cm³/mol. The van der Waals surface area contributed by atoms with Crippen molar-refractivity contribution in [1.29, 1.82) is 0 Å². The van der Waals surface area contributed by atoms with Gasteiger partial charge in [-0.2, -0.15) is 0 Å². The van der Waals surface area contributed by atoms with E-state index in [-0.39, 0.29) is 17.4 Å². The normalized spacial score (nSPS) is 25.3. The fourth-order valence-corrected chi connectivity index (χ4v) is 4.59. The number of nitrogens with zero attached hydrogens (tertiary/aromatic N) is 1. The highest BCUT2D eigenvalue weighted by Crippen LogP contribution is 2.38. The summed E-state index contributed by atoms with van der Waals surface area (Å²) >= 11 is 5.96. The van der Waals surface area contributed by atoms with E-state index in [9.17, 15) is 9.59 Å². The Bertz CT molecular complexity index is 687. The van der Waals surface area contributed by atoms with Crippen molar-refractivity contribution in [2.75, 3.05) is 13.1 Å². The molecule has 0 aromatic heterocycles. The van der Waals surface area contributed by atoms with Crippen LogP contribution in [0.25, 0.3) is 0 Å². The molecule has 3 atom stereocenters. The van der Waals surface area contributed by atoms with E-state index >= 15 is 0 Å². The summed E-state index contributed by atoms with van der Waals surface area (Å²) in [7, 11) is 0. The Morgan fingerprint density at radius 3 is 2.44 bits per heavy atom. The number of hydrogen-bond acceptors (Lipinski definition) is 3. The van der Waals surface area contributed by atoms with Gasteiger partial charge in [0.15, 0.2) is 0 Å². The number of benzene rings is 1. The van der Waals surface area contributed by atoms with Gasteiger partial charge in [-0.25, -0.2) is 0 Å². The molecule has 3 rings (SSSR count). The minimum atomic E-state index is -0.195. The zero-order valence-electron chi connectivity index (χ0n) is 16.4. The first kappa shape index (κ1) is 20.2. The van der Waals surface area contributed by atoms with Gasteiger partial charge in [0.25, 0.3) is 5.91 Å². The Balaban J connectivity index is 1.50. The molecule has 1 aromatic carbocycles. The molecule has 2 amide bonds. The lowest BCUT2D eigenvalue weighted by atomic mass is 9.90. The van der Waals surface area contributed by atoms with Crippen molar-refractivity contribution in [2.45, 2.75) is 64.1 Å². The maximum absolute atomic E-state index is 12.3. The van der Waals surface area contributed by atoms with E-state index in [1.54, 1.807) is 24.3 Å². The van der Waals surface area contributed by atoms with E-state index in [0.29, 0.717) is 41.7 Å². The number of halogens is 1. The molecule has 0 aliphatic carbocycles. The number of amides is 2. The second-order valence-electron chi connectivity index (χ2n) is 8.91. The van der Waals surface area contributed by atoms with E-state index in [1.807, 2.05) is 20.8 Å².